The Kier molecular flexibility index (Phi) is 3.27. The van der Waals surface area contributed by atoms with E-state index in [4.69, 9.17) is 5.73 Å². The van der Waals surface area contributed by atoms with Crippen molar-refractivity contribution in [3.63, 3.8) is 0 Å². The van der Waals surface area contributed by atoms with Gasteiger partial charge in [-0.2, -0.15) is 5.10 Å². The predicted octanol–water partition coefficient (Wildman–Crippen LogP) is 1.76. The van der Waals surface area contributed by atoms with Crippen molar-refractivity contribution >= 4 is 17.3 Å². The first-order chi connectivity index (χ1) is 8.59. The number of nitrogens with two attached hydrogens (primary N) is 1. The van der Waals surface area contributed by atoms with E-state index in [-0.39, 0.29) is 17.5 Å². The first-order valence-corrected chi connectivity index (χ1v) is 5.64. The Morgan fingerprint density at radius 1 is 1.50 bits per heavy atom. The molecule has 0 saturated heterocycles. The van der Waals surface area contributed by atoms with Crippen LogP contribution in [0, 0.1) is 0 Å². The second kappa shape index (κ2) is 4.87. The maximum absolute atomic E-state index is 12.0. The molecule has 0 aromatic carbocycles. The number of hydrogen-bond acceptors (Lipinski definition) is 4. The van der Waals surface area contributed by atoms with Crippen LogP contribution in [0.3, 0.4) is 0 Å². The van der Waals surface area contributed by atoms with Crippen molar-refractivity contribution in [1.29, 1.82) is 0 Å². The number of amides is 1. The van der Waals surface area contributed by atoms with Crippen LogP contribution in [0.2, 0.25) is 0 Å². The minimum atomic E-state index is -0.344. The van der Waals surface area contributed by atoms with Gasteiger partial charge in [0.15, 0.2) is 5.69 Å². The number of nitrogens with one attached hydrogen (secondary N) is 2. The molecule has 0 aliphatic heterocycles. The Bertz CT molecular complexity index is 547. The van der Waals surface area contributed by atoms with E-state index in [1.165, 1.54) is 0 Å². The number of rotatable bonds is 3. The van der Waals surface area contributed by atoms with Gasteiger partial charge in [0.05, 0.1) is 23.3 Å². The van der Waals surface area contributed by atoms with E-state index in [2.05, 4.69) is 20.5 Å². The number of anilines is 2. The van der Waals surface area contributed by atoms with Gasteiger partial charge in [0.1, 0.15) is 0 Å². The summed E-state index contributed by atoms with van der Waals surface area (Å²) < 4.78 is 0. The fraction of sp³-hybridized carbons (Fsp3) is 0.250. The third-order valence-corrected chi connectivity index (χ3v) is 2.55. The molecular weight excluding hydrogens is 230 g/mol. The van der Waals surface area contributed by atoms with Crippen molar-refractivity contribution in [3.8, 4) is 0 Å². The molecule has 18 heavy (non-hydrogen) atoms. The monoisotopic (exact) mass is 245 g/mol. The van der Waals surface area contributed by atoms with E-state index in [1.54, 1.807) is 24.5 Å². The highest BCUT2D eigenvalue weighted by Crippen LogP contribution is 2.22. The number of aromatic nitrogens is 3. The molecule has 0 fully saturated rings. The van der Waals surface area contributed by atoms with Crippen LogP contribution in [0.1, 0.15) is 35.9 Å². The largest absolute Gasteiger partial charge is 0.395 e. The zero-order valence-corrected chi connectivity index (χ0v) is 10.3. The van der Waals surface area contributed by atoms with E-state index in [9.17, 15) is 4.79 Å². The molecule has 0 radical (unpaired) electrons. The smallest absolute Gasteiger partial charge is 0.278 e. The van der Waals surface area contributed by atoms with Crippen LogP contribution in [0.15, 0.2) is 24.5 Å². The number of H-pyrrole nitrogens is 1. The fourth-order valence-corrected chi connectivity index (χ4v) is 1.60. The average molecular weight is 245 g/mol. The molecular formula is C12H15N5O. The second-order valence-corrected chi connectivity index (χ2v) is 4.25. The standard InChI is InChI=1S/C12H15N5O/c1-7(2)10-9(13)11(17-16-10)12(18)15-8-4-3-5-14-6-8/h3-7H,13H2,1-2H3,(H,15,18)(H,16,17). The van der Waals surface area contributed by atoms with E-state index >= 15 is 0 Å². The topological polar surface area (TPSA) is 96.7 Å². The summed E-state index contributed by atoms with van der Waals surface area (Å²) in [4.78, 5) is 15.9. The van der Waals surface area contributed by atoms with E-state index in [0.717, 1.165) is 5.69 Å². The Morgan fingerprint density at radius 2 is 2.28 bits per heavy atom. The third kappa shape index (κ3) is 2.32. The predicted molar refractivity (Wildman–Crippen MR) is 69.3 cm³/mol. The Morgan fingerprint density at radius 3 is 2.83 bits per heavy atom. The molecule has 2 rings (SSSR count). The average Bonchev–Trinajstić information content (AvgIpc) is 2.72. The lowest BCUT2D eigenvalue weighted by atomic mass is 10.1. The van der Waals surface area contributed by atoms with Gasteiger partial charge in [0.25, 0.3) is 5.91 Å². The highest BCUT2D eigenvalue weighted by Gasteiger charge is 2.18. The highest BCUT2D eigenvalue weighted by molar-refractivity contribution is 6.06. The molecule has 0 saturated carbocycles. The molecule has 0 bridgehead atoms. The molecule has 4 N–H and O–H groups in total. The normalized spacial score (nSPS) is 10.6. The van der Waals surface area contributed by atoms with Crippen LogP contribution in [-0.2, 0) is 0 Å². The number of hydrogen-bond donors (Lipinski definition) is 3. The van der Waals surface area contributed by atoms with Gasteiger partial charge in [-0.1, -0.05) is 13.8 Å². The first-order valence-electron chi connectivity index (χ1n) is 5.64. The first kappa shape index (κ1) is 12.1. The van der Waals surface area contributed by atoms with Gasteiger partial charge >= 0.3 is 0 Å². The van der Waals surface area contributed by atoms with E-state index < -0.39 is 0 Å². The SMILES string of the molecule is CC(C)c1[nH]nc(C(=O)Nc2cccnc2)c1N. The molecule has 2 heterocycles. The zero-order valence-electron chi connectivity index (χ0n) is 10.3. The lowest BCUT2D eigenvalue weighted by molar-refractivity contribution is 0.102. The van der Waals surface area contributed by atoms with Crippen molar-refractivity contribution in [2.75, 3.05) is 11.1 Å². The molecule has 0 atom stereocenters. The number of pyridine rings is 1. The number of aromatic amines is 1. The van der Waals surface area contributed by atoms with Gasteiger partial charge in [0.2, 0.25) is 0 Å². The van der Waals surface area contributed by atoms with Gasteiger partial charge in [-0.15, -0.1) is 0 Å². The number of carbonyl (C=O) groups excluding carboxylic acids is 1. The van der Waals surface area contributed by atoms with Crippen LogP contribution < -0.4 is 11.1 Å². The molecule has 0 aliphatic rings. The van der Waals surface area contributed by atoms with Crippen LogP contribution >= 0.6 is 0 Å². The van der Waals surface area contributed by atoms with Gasteiger partial charge in [-0.25, -0.2) is 0 Å². The quantitative estimate of drug-likeness (QED) is 0.767. The second-order valence-electron chi connectivity index (χ2n) is 4.25. The fourth-order valence-electron chi connectivity index (χ4n) is 1.60. The minimum absolute atomic E-state index is 0.192. The van der Waals surface area contributed by atoms with Gasteiger partial charge < -0.3 is 11.1 Å². The van der Waals surface area contributed by atoms with Crippen LogP contribution in [-0.4, -0.2) is 21.1 Å². The maximum Gasteiger partial charge on any atom is 0.278 e. The Balaban J connectivity index is 2.20. The number of nitrogen functional groups attached to an aromatic ring is 1. The van der Waals surface area contributed by atoms with Crippen molar-refractivity contribution in [2.45, 2.75) is 19.8 Å². The van der Waals surface area contributed by atoms with E-state index in [0.29, 0.717) is 11.4 Å². The van der Waals surface area contributed by atoms with Crippen LogP contribution in [0.25, 0.3) is 0 Å². The van der Waals surface area contributed by atoms with Crippen molar-refractivity contribution in [2.24, 2.45) is 0 Å². The minimum Gasteiger partial charge on any atom is -0.395 e. The summed E-state index contributed by atoms with van der Waals surface area (Å²) in [6.45, 7) is 3.96. The van der Waals surface area contributed by atoms with Gasteiger partial charge in [-0.3, -0.25) is 14.9 Å². The van der Waals surface area contributed by atoms with E-state index in [1.807, 2.05) is 13.8 Å². The molecule has 6 nitrogen and oxygen atoms in total. The Hall–Kier alpha value is -2.37. The summed E-state index contributed by atoms with van der Waals surface area (Å²) in [6.07, 6.45) is 3.19. The van der Waals surface area contributed by atoms with Gasteiger partial charge in [-0.05, 0) is 18.1 Å². The molecule has 6 heteroatoms. The summed E-state index contributed by atoms with van der Waals surface area (Å²) in [7, 11) is 0. The maximum atomic E-state index is 12.0. The van der Waals surface area contributed by atoms with Crippen molar-refractivity contribution < 1.29 is 4.79 Å². The molecule has 1 amide bonds. The highest BCUT2D eigenvalue weighted by atomic mass is 16.2. The molecule has 2 aromatic rings. The molecule has 94 valence electrons. The van der Waals surface area contributed by atoms with Gasteiger partial charge in [0, 0.05) is 6.20 Å². The lowest BCUT2D eigenvalue weighted by Gasteiger charge is -2.04. The lowest BCUT2D eigenvalue weighted by Crippen LogP contribution is -2.14. The van der Waals surface area contributed by atoms with Crippen LogP contribution in [0.5, 0.6) is 0 Å². The molecule has 0 aliphatic carbocycles. The van der Waals surface area contributed by atoms with Crippen LogP contribution in [0.4, 0.5) is 11.4 Å². The summed E-state index contributed by atoms with van der Waals surface area (Å²) in [6, 6.07) is 3.49. The number of carbonyl (C=O) groups is 1. The van der Waals surface area contributed by atoms with Crippen molar-refractivity contribution in [1.82, 2.24) is 15.2 Å². The third-order valence-electron chi connectivity index (χ3n) is 2.55. The summed E-state index contributed by atoms with van der Waals surface area (Å²) in [5.41, 5.74) is 7.87. The number of nitrogens with zero attached hydrogens (tertiary/aromatic N) is 2. The Labute approximate surface area is 105 Å². The molecule has 0 spiro atoms. The summed E-state index contributed by atoms with van der Waals surface area (Å²) >= 11 is 0. The summed E-state index contributed by atoms with van der Waals surface area (Å²) in [5, 5.41) is 9.43. The summed E-state index contributed by atoms with van der Waals surface area (Å²) in [5.74, 6) is -0.152. The zero-order chi connectivity index (χ0) is 13.1. The molecule has 0 unspecified atom stereocenters. The van der Waals surface area contributed by atoms with Crippen molar-refractivity contribution in [3.05, 3.63) is 35.9 Å². The molecule has 2 aromatic heterocycles.